The van der Waals surface area contributed by atoms with Gasteiger partial charge in [0.15, 0.2) is 5.96 Å². The fourth-order valence-corrected chi connectivity index (χ4v) is 3.27. The number of rotatable bonds is 5. The molecule has 0 saturated heterocycles. The zero-order chi connectivity index (χ0) is 16.8. The highest BCUT2D eigenvalue weighted by atomic mass is 127. The molecule has 0 aliphatic rings. The van der Waals surface area contributed by atoms with Crippen molar-refractivity contribution < 1.29 is 0 Å². The monoisotopic (exact) mass is 498 g/mol. The van der Waals surface area contributed by atoms with Crippen LogP contribution in [0.3, 0.4) is 0 Å². The molecule has 0 spiro atoms. The number of benzene rings is 1. The minimum Gasteiger partial charge on any atom is -0.352 e. The highest BCUT2D eigenvalue weighted by Crippen LogP contribution is 2.20. The van der Waals surface area contributed by atoms with E-state index in [-0.39, 0.29) is 24.0 Å². The summed E-state index contributed by atoms with van der Waals surface area (Å²) in [7, 11) is 1.74. The number of aliphatic imine (C=N–C) groups is 1. The van der Waals surface area contributed by atoms with E-state index >= 15 is 0 Å². The highest BCUT2D eigenvalue weighted by molar-refractivity contribution is 14.0. The number of guanidine groups is 1. The van der Waals surface area contributed by atoms with E-state index in [0.29, 0.717) is 35.0 Å². The molecular weight excluding hydrogens is 478 g/mol. The first kappa shape index (κ1) is 21.5. The largest absolute Gasteiger partial charge is 0.352 e. The van der Waals surface area contributed by atoms with Crippen LogP contribution in [0, 0.1) is 0 Å². The molecule has 2 aromatic rings. The minimum atomic E-state index is 0. The second kappa shape index (κ2) is 10.4. The van der Waals surface area contributed by atoms with E-state index in [4.69, 9.17) is 23.2 Å². The number of thiazole rings is 1. The van der Waals surface area contributed by atoms with Crippen LogP contribution < -0.4 is 10.6 Å². The van der Waals surface area contributed by atoms with Gasteiger partial charge in [0.25, 0.3) is 0 Å². The third-order valence-corrected chi connectivity index (χ3v) is 4.71. The van der Waals surface area contributed by atoms with Gasteiger partial charge in [0.2, 0.25) is 0 Å². The molecule has 1 heterocycles. The first-order valence-electron chi connectivity index (χ1n) is 7.32. The van der Waals surface area contributed by atoms with Gasteiger partial charge in [-0.05, 0) is 23.6 Å². The van der Waals surface area contributed by atoms with Crippen LogP contribution in [-0.4, -0.2) is 18.0 Å². The SMILES string of the molecule is CN=C(NCc1nc(C(C)C)cs1)NCc1ccc(Cl)cc1Cl.I. The number of nitrogens with one attached hydrogen (secondary N) is 2. The molecule has 24 heavy (non-hydrogen) atoms. The summed E-state index contributed by atoms with van der Waals surface area (Å²) in [6.07, 6.45) is 0. The van der Waals surface area contributed by atoms with Gasteiger partial charge in [0, 0.05) is 29.0 Å². The molecule has 0 aliphatic heterocycles. The predicted octanol–water partition coefficient (Wildman–Crippen LogP) is 5.06. The Morgan fingerprint density at radius 3 is 2.54 bits per heavy atom. The van der Waals surface area contributed by atoms with Gasteiger partial charge in [0.05, 0.1) is 12.2 Å². The molecular formula is C16H21Cl2IN4S. The maximum Gasteiger partial charge on any atom is 0.191 e. The highest BCUT2D eigenvalue weighted by Gasteiger charge is 2.07. The summed E-state index contributed by atoms with van der Waals surface area (Å²) in [4.78, 5) is 8.81. The Labute approximate surface area is 174 Å². The molecule has 0 amide bonds. The van der Waals surface area contributed by atoms with Crippen molar-refractivity contribution in [1.29, 1.82) is 0 Å². The Balaban J connectivity index is 0.00000288. The summed E-state index contributed by atoms with van der Waals surface area (Å²) < 4.78 is 0. The molecule has 0 fully saturated rings. The molecule has 0 saturated carbocycles. The van der Waals surface area contributed by atoms with Gasteiger partial charge in [-0.15, -0.1) is 35.3 Å². The van der Waals surface area contributed by atoms with Crippen molar-refractivity contribution in [1.82, 2.24) is 15.6 Å². The molecule has 0 aliphatic carbocycles. The van der Waals surface area contributed by atoms with Crippen LogP contribution in [0.25, 0.3) is 0 Å². The van der Waals surface area contributed by atoms with Crippen molar-refractivity contribution >= 4 is 64.5 Å². The zero-order valence-electron chi connectivity index (χ0n) is 13.8. The van der Waals surface area contributed by atoms with E-state index in [1.54, 1.807) is 24.5 Å². The summed E-state index contributed by atoms with van der Waals surface area (Å²) in [5.41, 5.74) is 2.10. The lowest BCUT2D eigenvalue weighted by atomic mass is 10.2. The van der Waals surface area contributed by atoms with Crippen LogP contribution in [0.4, 0.5) is 0 Å². The average Bonchev–Trinajstić information content (AvgIpc) is 2.98. The summed E-state index contributed by atoms with van der Waals surface area (Å²) in [6.45, 7) is 5.50. The van der Waals surface area contributed by atoms with Crippen molar-refractivity contribution in [3.05, 3.63) is 49.9 Å². The first-order valence-corrected chi connectivity index (χ1v) is 8.96. The molecule has 0 radical (unpaired) electrons. The van der Waals surface area contributed by atoms with E-state index < -0.39 is 0 Å². The Kier molecular flexibility index (Phi) is 9.33. The van der Waals surface area contributed by atoms with Gasteiger partial charge < -0.3 is 10.6 Å². The number of nitrogens with zero attached hydrogens (tertiary/aromatic N) is 2. The fourth-order valence-electron chi connectivity index (χ4n) is 1.90. The standard InChI is InChI=1S/C16H20Cl2N4S.HI/c1-10(2)14-9-23-15(22-14)8-21-16(19-3)20-7-11-4-5-12(17)6-13(11)18;/h4-6,9-10H,7-8H2,1-3H3,(H2,19,20,21);1H. The van der Waals surface area contributed by atoms with Gasteiger partial charge in [-0.25, -0.2) is 4.98 Å². The summed E-state index contributed by atoms with van der Waals surface area (Å²) >= 11 is 13.7. The van der Waals surface area contributed by atoms with Gasteiger partial charge in [-0.2, -0.15) is 0 Å². The Morgan fingerprint density at radius 2 is 1.96 bits per heavy atom. The van der Waals surface area contributed by atoms with Crippen molar-refractivity contribution in [3.8, 4) is 0 Å². The van der Waals surface area contributed by atoms with E-state index in [2.05, 4.69) is 39.8 Å². The van der Waals surface area contributed by atoms with Crippen LogP contribution >= 0.6 is 58.5 Å². The molecule has 0 unspecified atom stereocenters. The second-order valence-corrected chi connectivity index (χ2v) is 7.12. The van der Waals surface area contributed by atoms with E-state index in [0.717, 1.165) is 16.3 Å². The molecule has 8 heteroatoms. The number of hydrogen-bond donors (Lipinski definition) is 2. The van der Waals surface area contributed by atoms with Crippen LogP contribution in [0.5, 0.6) is 0 Å². The molecule has 2 N–H and O–H groups in total. The summed E-state index contributed by atoms with van der Waals surface area (Å²) in [6, 6.07) is 5.46. The van der Waals surface area contributed by atoms with Crippen molar-refractivity contribution in [2.45, 2.75) is 32.9 Å². The molecule has 132 valence electrons. The summed E-state index contributed by atoms with van der Waals surface area (Å²) in [5.74, 6) is 1.15. The molecule has 2 rings (SSSR count). The van der Waals surface area contributed by atoms with Crippen LogP contribution in [0.15, 0.2) is 28.6 Å². The average molecular weight is 499 g/mol. The van der Waals surface area contributed by atoms with E-state index in [1.165, 1.54) is 0 Å². The number of aromatic nitrogens is 1. The van der Waals surface area contributed by atoms with Crippen LogP contribution in [0.2, 0.25) is 10.0 Å². The Bertz CT molecular complexity index is 688. The normalized spacial score (nSPS) is 11.3. The topological polar surface area (TPSA) is 49.3 Å². The molecule has 1 aromatic heterocycles. The van der Waals surface area contributed by atoms with E-state index in [1.807, 2.05) is 12.1 Å². The van der Waals surface area contributed by atoms with E-state index in [9.17, 15) is 0 Å². The van der Waals surface area contributed by atoms with Crippen molar-refractivity contribution in [3.63, 3.8) is 0 Å². The first-order chi connectivity index (χ1) is 11.0. The molecule has 4 nitrogen and oxygen atoms in total. The van der Waals surface area contributed by atoms with Gasteiger partial charge in [0.1, 0.15) is 5.01 Å². The van der Waals surface area contributed by atoms with Gasteiger partial charge in [-0.1, -0.05) is 43.1 Å². The Morgan fingerprint density at radius 1 is 1.25 bits per heavy atom. The van der Waals surface area contributed by atoms with Gasteiger partial charge >= 0.3 is 0 Å². The number of halogens is 3. The van der Waals surface area contributed by atoms with Crippen LogP contribution in [-0.2, 0) is 13.1 Å². The summed E-state index contributed by atoms with van der Waals surface area (Å²) in [5, 5.41) is 10.9. The Hall–Kier alpha value is -0.570. The van der Waals surface area contributed by atoms with Crippen molar-refractivity contribution in [2.24, 2.45) is 4.99 Å². The lowest BCUT2D eigenvalue weighted by Crippen LogP contribution is -2.36. The van der Waals surface area contributed by atoms with Crippen molar-refractivity contribution in [2.75, 3.05) is 7.05 Å². The zero-order valence-corrected chi connectivity index (χ0v) is 18.4. The van der Waals surface area contributed by atoms with Crippen LogP contribution in [0.1, 0.15) is 36.0 Å². The third-order valence-electron chi connectivity index (χ3n) is 3.25. The fraction of sp³-hybridized carbons (Fsp3) is 0.375. The molecule has 0 atom stereocenters. The predicted molar refractivity (Wildman–Crippen MR) is 115 cm³/mol. The lowest BCUT2D eigenvalue weighted by molar-refractivity contribution is 0.785. The lowest BCUT2D eigenvalue weighted by Gasteiger charge is -2.12. The molecule has 1 aromatic carbocycles. The van der Waals surface area contributed by atoms with Gasteiger partial charge in [-0.3, -0.25) is 4.99 Å². The maximum absolute atomic E-state index is 6.17. The second-order valence-electron chi connectivity index (χ2n) is 5.34. The smallest absolute Gasteiger partial charge is 0.191 e. The third kappa shape index (κ3) is 6.38. The minimum absolute atomic E-state index is 0. The number of hydrogen-bond acceptors (Lipinski definition) is 3. The maximum atomic E-state index is 6.17. The molecule has 0 bridgehead atoms. The quantitative estimate of drug-likeness (QED) is 0.344.